The lowest BCUT2D eigenvalue weighted by molar-refractivity contribution is -0.117. The Morgan fingerprint density at radius 2 is 1.83 bits per heavy atom. The molecule has 0 N–H and O–H groups in total. The zero-order valence-corrected chi connectivity index (χ0v) is 18.1. The van der Waals surface area contributed by atoms with Gasteiger partial charge in [0.25, 0.3) is 0 Å². The fourth-order valence-corrected chi connectivity index (χ4v) is 7.90. The van der Waals surface area contributed by atoms with E-state index >= 15 is 0 Å². The summed E-state index contributed by atoms with van der Waals surface area (Å²) in [4.78, 5) is 18.7. The molecular weight excluding hydrogens is 428 g/mol. The molecule has 29 heavy (non-hydrogen) atoms. The lowest BCUT2D eigenvalue weighted by Gasteiger charge is -2.25. The lowest BCUT2D eigenvalue weighted by atomic mass is 10.1. The number of hydrogen-bond donors (Lipinski definition) is 0. The number of aliphatic imine (C=N–C) groups is 1. The number of para-hydroxylation sites is 1. The van der Waals surface area contributed by atoms with Crippen LogP contribution in [0.2, 0.25) is 5.02 Å². The first-order valence-electron chi connectivity index (χ1n) is 9.49. The van der Waals surface area contributed by atoms with E-state index in [0.29, 0.717) is 22.3 Å². The summed E-state index contributed by atoms with van der Waals surface area (Å²) in [5.74, 6) is -0.0370. The van der Waals surface area contributed by atoms with E-state index in [1.54, 1.807) is 6.07 Å². The van der Waals surface area contributed by atoms with E-state index in [9.17, 15) is 13.2 Å². The maximum absolute atomic E-state index is 12.5. The van der Waals surface area contributed by atoms with E-state index in [4.69, 9.17) is 11.6 Å². The average molecular weight is 449 g/mol. The van der Waals surface area contributed by atoms with Gasteiger partial charge in [-0.1, -0.05) is 65.8 Å². The topological polar surface area (TPSA) is 66.8 Å². The van der Waals surface area contributed by atoms with Gasteiger partial charge in [0.1, 0.15) is 0 Å². The van der Waals surface area contributed by atoms with Crippen molar-refractivity contribution in [1.29, 1.82) is 0 Å². The normalized spacial score (nSPS) is 24.0. The highest BCUT2D eigenvalue weighted by Gasteiger charge is 2.49. The van der Waals surface area contributed by atoms with Crippen molar-refractivity contribution < 1.29 is 13.2 Å². The Morgan fingerprint density at radius 1 is 1.10 bits per heavy atom. The summed E-state index contributed by atoms with van der Waals surface area (Å²) >= 11 is 7.75. The summed E-state index contributed by atoms with van der Waals surface area (Å²) in [6.07, 6.45) is 1.89. The molecule has 2 fully saturated rings. The Balaban J connectivity index is 1.52. The van der Waals surface area contributed by atoms with Crippen molar-refractivity contribution in [3.63, 3.8) is 0 Å². The highest BCUT2D eigenvalue weighted by atomic mass is 35.5. The van der Waals surface area contributed by atoms with Gasteiger partial charge in [-0.25, -0.2) is 8.42 Å². The van der Waals surface area contributed by atoms with Crippen molar-refractivity contribution in [2.75, 3.05) is 16.4 Å². The Kier molecular flexibility index (Phi) is 5.99. The molecule has 0 aliphatic carbocycles. The zero-order valence-electron chi connectivity index (χ0n) is 15.7. The van der Waals surface area contributed by atoms with Crippen LogP contribution in [0.1, 0.15) is 18.4 Å². The number of halogens is 1. The van der Waals surface area contributed by atoms with Crippen molar-refractivity contribution >= 4 is 50.0 Å². The fraction of sp³-hybridized carbons (Fsp3) is 0.333. The third-order valence-electron chi connectivity index (χ3n) is 5.10. The molecule has 2 aromatic rings. The maximum atomic E-state index is 12.5. The standard InChI is InChI=1S/C21H21ClN2O3S2/c22-16-10-4-5-11-17(16)24-18-13-29(26,27)14-19(18)28-21(24)23-20(25)12-6-9-15-7-2-1-3-8-15/h1-5,7-8,10-11,18-19H,6,9,12-14H2. The molecule has 0 radical (unpaired) electrons. The number of fused-ring (bicyclic) bond motifs is 1. The Hall–Kier alpha value is -1.83. The van der Waals surface area contributed by atoms with E-state index in [0.717, 1.165) is 12.8 Å². The van der Waals surface area contributed by atoms with Crippen LogP contribution in [-0.4, -0.2) is 42.3 Å². The van der Waals surface area contributed by atoms with Gasteiger partial charge in [-0.05, 0) is 30.5 Å². The van der Waals surface area contributed by atoms with Crippen molar-refractivity contribution in [2.24, 2.45) is 4.99 Å². The third kappa shape index (κ3) is 4.68. The molecular formula is C21H21ClN2O3S2. The Morgan fingerprint density at radius 3 is 2.59 bits per heavy atom. The van der Waals surface area contributed by atoms with Crippen LogP contribution in [0.25, 0.3) is 0 Å². The number of benzene rings is 2. The van der Waals surface area contributed by atoms with Crippen molar-refractivity contribution in [1.82, 2.24) is 0 Å². The molecule has 2 saturated heterocycles. The quantitative estimate of drug-likeness (QED) is 0.692. The molecule has 5 nitrogen and oxygen atoms in total. The minimum Gasteiger partial charge on any atom is -0.314 e. The number of rotatable bonds is 5. The summed E-state index contributed by atoms with van der Waals surface area (Å²) in [5.41, 5.74) is 1.89. The van der Waals surface area contributed by atoms with Crippen LogP contribution in [0.4, 0.5) is 5.69 Å². The molecule has 8 heteroatoms. The fourth-order valence-electron chi connectivity index (χ4n) is 3.74. The second kappa shape index (κ2) is 8.50. The van der Waals surface area contributed by atoms with Crippen molar-refractivity contribution in [2.45, 2.75) is 30.6 Å². The van der Waals surface area contributed by atoms with Crippen LogP contribution in [0.5, 0.6) is 0 Å². The monoisotopic (exact) mass is 448 g/mol. The van der Waals surface area contributed by atoms with Gasteiger partial charge in [0.05, 0.1) is 28.3 Å². The summed E-state index contributed by atoms with van der Waals surface area (Å²) in [5, 5.41) is 0.933. The van der Waals surface area contributed by atoms with Crippen LogP contribution in [0.3, 0.4) is 0 Å². The first kappa shape index (κ1) is 20.4. The number of hydrogen-bond acceptors (Lipinski definition) is 4. The highest BCUT2D eigenvalue weighted by Crippen LogP contribution is 2.43. The van der Waals surface area contributed by atoms with E-state index in [1.165, 1.54) is 17.3 Å². The van der Waals surface area contributed by atoms with Gasteiger partial charge in [0.15, 0.2) is 15.0 Å². The van der Waals surface area contributed by atoms with Crippen LogP contribution >= 0.6 is 23.4 Å². The molecule has 0 aromatic heterocycles. The minimum atomic E-state index is -3.10. The SMILES string of the molecule is O=C(CCCc1ccccc1)N=C1SC2CS(=O)(=O)CC2N1c1ccccc1Cl. The third-order valence-corrected chi connectivity index (χ3v) is 8.63. The summed E-state index contributed by atoms with van der Waals surface area (Å²) in [6, 6.07) is 17.1. The molecule has 2 aliphatic rings. The number of thioether (sulfide) groups is 1. The summed E-state index contributed by atoms with van der Waals surface area (Å²) in [6.45, 7) is 0. The summed E-state index contributed by atoms with van der Waals surface area (Å²) < 4.78 is 24.3. The minimum absolute atomic E-state index is 0.0527. The molecule has 4 rings (SSSR count). The number of aryl methyl sites for hydroxylation is 1. The van der Waals surface area contributed by atoms with Crippen molar-refractivity contribution in [3.8, 4) is 0 Å². The lowest BCUT2D eigenvalue weighted by Crippen LogP contribution is -2.37. The first-order chi connectivity index (χ1) is 13.9. The maximum Gasteiger partial charge on any atom is 0.248 e. The predicted octanol–water partition coefficient (Wildman–Crippen LogP) is 3.96. The molecule has 2 aliphatic heterocycles. The molecule has 152 valence electrons. The summed E-state index contributed by atoms with van der Waals surface area (Å²) in [7, 11) is -3.10. The Bertz CT molecular complexity index is 1040. The van der Waals surface area contributed by atoms with Gasteiger partial charge in [0.2, 0.25) is 5.91 Å². The van der Waals surface area contributed by atoms with Gasteiger partial charge in [-0.3, -0.25) is 4.79 Å². The van der Waals surface area contributed by atoms with Crippen molar-refractivity contribution in [3.05, 3.63) is 65.2 Å². The predicted molar refractivity (Wildman–Crippen MR) is 120 cm³/mol. The number of amides is 1. The molecule has 1 amide bonds. The van der Waals surface area contributed by atoms with Crippen LogP contribution in [0.15, 0.2) is 59.6 Å². The number of amidine groups is 1. The highest BCUT2D eigenvalue weighted by molar-refractivity contribution is 8.16. The molecule has 0 saturated carbocycles. The smallest absolute Gasteiger partial charge is 0.248 e. The molecule has 2 unspecified atom stereocenters. The van der Waals surface area contributed by atoms with Crippen LogP contribution < -0.4 is 4.90 Å². The average Bonchev–Trinajstić information content (AvgIpc) is 3.14. The number of sulfone groups is 1. The van der Waals surface area contributed by atoms with Gasteiger partial charge in [0, 0.05) is 11.7 Å². The van der Waals surface area contributed by atoms with Gasteiger partial charge in [-0.2, -0.15) is 4.99 Å². The van der Waals surface area contributed by atoms with Crippen LogP contribution in [0, 0.1) is 0 Å². The van der Waals surface area contributed by atoms with E-state index in [-0.39, 0.29) is 28.7 Å². The van der Waals surface area contributed by atoms with Gasteiger partial charge < -0.3 is 4.90 Å². The van der Waals surface area contributed by atoms with Gasteiger partial charge >= 0.3 is 0 Å². The second-order valence-corrected chi connectivity index (χ2v) is 11.0. The largest absolute Gasteiger partial charge is 0.314 e. The van der Waals surface area contributed by atoms with Crippen LogP contribution in [-0.2, 0) is 21.1 Å². The van der Waals surface area contributed by atoms with E-state index < -0.39 is 9.84 Å². The molecule has 2 atom stereocenters. The first-order valence-corrected chi connectivity index (χ1v) is 12.6. The van der Waals surface area contributed by atoms with E-state index in [1.807, 2.05) is 53.4 Å². The zero-order chi connectivity index (χ0) is 20.4. The number of carbonyl (C=O) groups excluding carboxylic acids is 1. The number of carbonyl (C=O) groups is 1. The Labute approximate surface area is 180 Å². The molecule has 2 heterocycles. The van der Waals surface area contributed by atoms with Gasteiger partial charge in [-0.15, -0.1) is 0 Å². The second-order valence-electron chi connectivity index (χ2n) is 7.25. The molecule has 0 bridgehead atoms. The number of anilines is 1. The van der Waals surface area contributed by atoms with E-state index in [2.05, 4.69) is 4.99 Å². The molecule has 0 spiro atoms. The number of nitrogens with zero attached hydrogens (tertiary/aromatic N) is 2. The molecule has 2 aromatic carbocycles.